The molecule has 4 N–H and O–H groups in total. The van der Waals surface area contributed by atoms with Crippen LogP contribution in [0.15, 0.2) is 48.4 Å². The van der Waals surface area contributed by atoms with Crippen molar-refractivity contribution in [3.63, 3.8) is 0 Å². The second kappa shape index (κ2) is 13.2. The summed E-state index contributed by atoms with van der Waals surface area (Å²) in [6, 6.07) is 7.43. The summed E-state index contributed by atoms with van der Waals surface area (Å²) in [5.41, 5.74) is 14.7. The minimum Gasteiger partial charge on any atom is -0.372 e. The van der Waals surface area contributed by atoms with E-state index < -0.39 is 29.4 Å². The summed E-state index contributed by atoms with van der Waals surface area (Å²) in [4.78, 5) is 43.7. The van der Waals surface area contributed by atoms with Gasteiger partial charge in [0.1, 0.15) is 18.7 Å². The number of rotatable bonds is 13. The fourth-order valence-corrected chi connectivity index (χ4v) is 5.60. The zero-order chi connectivity index (χ0) is 28.7. The SMILES string of the molecule is C=C(c1csc2c1CCC=C2)[C@H](C(=O)N(C)[C@H](Cc1ccccc1)C(N)=O)N(C)C(=O)COCCC(C)(C)N. The first kappa shape index (κ1) is 30.3. The Morgan fingerprint density at radius 3 is 2.49 bits per heavy atom. The molecule has 8 nitrogen and oxygen atoms in total. The predicted molar refractivity (Wildman–Crippen MR) is 157 cm³/mol. The molecule has 0 unspecified atom stereocenters. The minimum atomic E-state index is -1.04. The molecule has 0 spiro atoms. The van der Waals surface area contributed by atoms with Crippen LogP contribution in [0.5, 0.6) is 0 Å². The van der Waals surface area contributed by atoms with E-state index in [-0.39, 0.29) is 18.9 Å². The summed E-state index contributed by atoms with van der Waals surface area (Å²) >= 11 is 1.58. The van der Waals surface area contributed by atoms with E-state index in [1.807, 2.05) is 49.6 Å². The van der Waals surface area contributed by atoms with Crippen LogP contribution < -0.4 is 11.5 Å². The molecule has 2 atom stereocenters. The number of ether oxygens (including phenoxy) is 1. The Hall–Kier alpha value is -3.27. The number of amides is 3. The van der Waals surface area contributed by atoms with Crippen molar-refractivity contribution in [2.24, 2.45) is 11.5 Å². The standard InChI is InChI=1S/C30H40N4O4S/c1-20(23-19-39-25-14-10-9-13-22(23)25)27(34(5)26(35)18-38-16-15-30(2,3)32)29(37)33(4)24(28(31)36)17-21-11-7-6-8-12-21/h6-8,10-12,14,19,24,27H,1,9,13,15-18,32H2,2-5H3,(H2,31,36)/t24-,27-/m1/s1. The molecule has 9 heteroatoms. The van der Waals surface area contributed by atoms with Crippen LogP contribution >= 0.6 is 11.3 Å². The molecule has 39 heavy (non-hydrogen) atoms. The van der Waals surface area contributed by atoms with Crippen LogP contribution in [-0.2, 0) is 32.0 Å². The topological polar surface area (TPSA) is 119 Å². The quantitative estimate of drug-likeness (QED) is 0.370. The highest BCUT2D eigenvalue weighted by Crippen LogP contribution is 2.35. The first-order valence-electron chi connectivity index (χ1n) is 13.1. The van der Waals surface area contributed by atoms with Crippen LogP contribution in [0.25, 0.3) is 11.6 Å². The van der Waals surface area contributed by atoms with E-state index in [4.69, 9.17) is 16.2 Å². The average Bonchev–Trinajstić information content (AvgIpc) is 3.33. The molecule has 1 heterocycles. The molecule has 0 bridgehead atoms. The second-order valence-electron chi connectivity index (χ2n) is 10.7. The van der Waals surface area contributed by atoms with Crippen molar-refractivity contribution in [1.82, 2.24) is 9.80 Å². The Kier molecular flexibility index (Phi) is 10.2. The van der Waals surface area contributed by atoms with E-state index in [9.17, 15) is 14.4 Å². The van der Waals surface area contributed by atoms with Gasteiger partial charge < -0.3 is 26.0 Å². The average molecular weight is 553 g/mol. The number of fused-ring (bicyclic) bond motifs is 1. The largest absolute Gasteiger partial charge is 0.372 e. The number of benzene rings is 1. The van der Waals surface area contributed by atoms with Crippen molar-refractivity contribution >= 4 is 40.7 Å². The number of allylic oxidation sites excluding steroid dienone is 1. The van der Waals surface area contributed by atoms with Crippen LogP contribution in [0.4, 0.5) is 0 Å². The molecule has 2 aromatic rings. The van der Waals surface area contributed by atoms with Gasteiger partial charge in [0.15, 0.2) is 0 Å². The third-order valence-electron chi connectivity index (χ3n) is 6.98. The smallest absolute Gasteiger partial charge is 0.250 e. The number of carbonyl (C=O) groups excluding carboxylic acids is 3. The number of primary amides is 1. The fourth-order valence-electron chi connectivity index (χ4n) is 4.53. The molecule has 1 aromatic carbocycles. The Bertz CT molecular complexity index is 1220. The third-order valence-corrected chi connectivity index (χ3v) is 7.97. The van der Waals surface area contributed by atoms with Crippen LogP contribution in [0.1, 0.15) is 48.3 Å². The summed E-state index contributed by atoms with van der Waals surface area (Å²) < 4.78 is 5.60. The number of likely N-dealkylation sites (N-methyl/N-ethyl adjacent to an activating group) is 2. The molecule has 1 aliphatic rings. The van der Waals surface area contributed by atoms with Gasteiger partial charge in [0.05, 0.1) is 0 Å². The number of nitrogens with zero attached hydrogens (tertiary/aromatic N) is 2. The summed E-state index contributed by atoms with van der Waals surface area (Å²) in [6.45, 7) is 8.18. The molecule has 0 radical (unpaired) electrons. The van der Waals surface area contributed by atoms with Gasteiger partial charge in [0, 0.05) is 37.5 Å². The maximum atomic E-state index is 14.1. The van der Waals surface area contributed by atoms with Crippen molar-refractivity contribution in [1.29, 1.82) is 0 Å². The highest BCUT2D eigenvalue weighted by atomic mass is 32.1. The van der Waals surface area contributed by atoms with E-state index in [1.54, 1.807) is 25.4 Å². The van der Waals surface area contributed by atoms with Crippen molar-refractivity contribution < 1.29 is 19.1 Å². The number of thiophene rings is 1. The lowest BCUT2D eigenvalue weighted by Gasteiger charge is -2.35. The van der Waals surface area contributed by atoms with Gasteiger partial charge in [0.25, 0.3) is 0 Å². The first-order chi connectivity index (χ1) is 18.4. The van der Waals surface area contributed by atoms with Crippen molar-refractivity contribution in [3.05, 3.63) is 69.9 Å². The minimum absolute atomic E-state index is 0.207. The molecular weight excluding hydrogens is 512 g/mol. The lowest BCUT2D eigenvalue weighted by atomic mass is 9.91. The summed E-state index contributed by atoms with van der Waals surface area (Å²) in [5.74, 6) is -1.44. The predicted octanol–water partition coefficient (Wildman–Crippen LogP) is 3.25. The summed E-state index contributed by atoms with van der Waals surface area (Å²) in [6.07, 6.45) is 6.76. The number of hydrogen-bond donors (Lipinski definition) is 2. The van der Waals surface area contributed by atoms with Crippen molar-refractivity contribution in [2.75, 3.05) is 27.3 Å². The fraction of sp³-hybridized carbons (Fsp3) is 0.433. The van der Waals surface area contributed by atoms with Gasteiger partial charge in [-0.15, -0.1) is 11.3 Å². The lowest BCUT2D eigenvalue weighted by Crippen LogP contribution is -2.55. The third kappa shape index (κ3) is 7.88. The Morgan fingerprint density at radius 1 is 1.15 bits per heavy atom. The Morgan fingerprint density at radius 2 is 1.85 bits per heavy atom. The molecule has 3 amide bonds. The van der Waals surface area contributed by atoms with Gasteiger partial charge in [-0.2, -0.15) is 0 Å². The van der Waals surface area contributed by atoms with E-state index in [1.165, 1.54) is 9.80 Å². The molecule has 3 rings (SSSR count). The molecule has 210 valence electrons. The normalized spacial score (nSPS) is 14.3. The van der Waals surface area contributed by atoms with Crippen LogP contribution in [0.3, 0.4) is 0 Å². The highest BCUT2D eigenvalue weighted by molar-refractivity contribution is 7.11. The van der Waals surface area contributed by atoms with Crippen molar-refractivity contribution in [3.8, 4) is 0 Å². The van der Waals surface area contributed by atoms with Gasteiger partial charge in [0.2, 0.25) is 17.7 Å². The van der Waals surface area contributed by atoms with E-state index in [0.29, 0.717) is 18.6 Å². The second-order valence-corrected chi connectivity index (χ2v) is 11.6. The van der Waals surface area contributed by atoms with Crippen LogP contribution in [0, 0.1) is 0 Å². The zero-order valence-electron chi connectivity index (χ0n) is 23.3. The van der Waals surface area contributed by atoms with Gasteiger partial charge in [-0.1, -0.05) is 43.0 Å². The van der Waals surface area contributed by atoms with Gasteiger partial charge >= 0.3 is 0 Å². The molecule has 1 aromatic heterocycles. The molecular formula is C30H40N4O4S. The zero-order valence-corrected chi connectivity index (χ0v) is 24.1. The van der Waals surface area contributed by atoms with E-state index in [2.05, 4.69) is 18.7 Å². The van der Waals surface area contributed by atoms with E-state index >= 15 is 0 Å². The maximum absolute atomic E-state index is 14.1. The maximum Gasteiger partial charge on any atom is 0.250 e. The number of carbonyl (C=O) groups is 3. The first-order valence-corrected chi connectivity index (χ1v) is 14.0. The van der Waals surface area contributed by atoms with Crippen LogP contribution in [-0.4, -0.2) is 72.5 Å². The molecule has 0 aliphatic heterocycles. The van der Waals surface area contributed by atoms with Gasteiger partial charge in [-0.25, -0.2) is 0 Å². The summed E-state index contributed by atoms with van der Waals surface area (Å²) in [5, 5.41) is 1.98. The van der Waals surface area contributed by atoms with Crippen LogP contribution in [0.2, 0.25) is 0 Å². The van der Waals surface area contributed by atoms with Crippen molar-refractivity contribution in [2.45, 2.75) is 57.2 Å². The number of nitrogens with two attached hydrogens (primary N) is 2. The number of hydrogen-bond acceptors (Lipinski definition) is 6. The highest BCUT2D eigenvalue weighted by Gasteiger charge is 2.37. The van der Waals surface area contributed by atoms with Gasteiger partial charge in [-0.3, -0.25) is 14.4 Å². The molecule has 0 saturated heterocycles. The lowest BCUT2D eigenvalue weighted by molar-refractivity contribution is -0.146. The van der Waals surface area contributed by atoms with Gasteiger partial charge in [-0.05, 0) is 66.8 Å². The van der Waals surface area contributed by atoms with E-state index in [0.717, 1.165) is 34.4 Å². The molecule has 0 saturated carbocycles. The Balaban J connectivity index is 1.89. The monoisotopic (exact) mass is 552 g/mol. The Labute approximate surface area is 235 Å². The molecule has 1 aliphatic carbocycles. The summed E-state index contributed by atoms with van der Waals surface area (Å²) in [7, 11) is 3.11. The molecule has 0 fully saturated rings.